The number of carbonyl (C=O) groups excluding carboxylic acids is 2. The molecule has 29 heavy (non-hydrogen) atoms. The normalized spacial score (nSPS) is 11.9. The van der Waals surface area contributed by atoms with Gasteiger partial charge in [0, 0.05) is 11.1 Å². The zero-order chi connectivity index (χ0) is 21.0. The Kier molecular flexibility index (Phi) is 6.33. The third kappa shape index (κ3) is 5.23. The summed E-state index contributed by atoms with van der Waals surface area (Å²) in [6.07, 6.45) is 0. The van der Waals surface area contributed by atoms with Gasteiger partial charge in [-0.05, 0) is 31.0 Å². The van der Waals surface area contributed by atoms with E-state index in [-0.39, 0.29) is 11.5 Å². The topological polar surface area (TPSA) is 84.0 Å². The number of nitrogens with zero attached hydrogens (tertiary/aromatic N) is 2. The van der Waals surface area contributed by atoms with Gasteiger partial charge in [0.05, 0.1) is 0 Å². The lowest BCUT2D eigenvalue weighted by Gasteiger charge is -2.21. The number of anilines is 1. The number of hydrogen-bond donors (Lipinski definition) is 2. The van der Waals surface area contributed by atoms with E-state index >= 15 is 0 Å². The summed E-state index contributed by atoms with van der Waals surface area (Å²) < 4.78 is 13.4. The molecule has 0 aliphatic rings. The highest BCUT2D eigenvalue weighted by Crippen LogP contribution is 2.26. The largest absolute Gasteiger partial charge is 0.340 e. The highest BCUT2D eigenvalue weighted by atomic mass is 32.1. The number of benzene rings is 2. The maximum absolute atomic E-state index is 13.4. The minimum Gasteiger partial charge on any atom is -0.340 e. The first kappa shape index (κ1) is 20.6. The van der Waals surface area contributed by atoms with Crippen molar-refractivity contribution in [2.75, 3.05) is 5.32 Å². The third-order valence-electron chi connectivity index (χ3n) is 4.28. The number of nitrogens with one attached hydrogen (secondary N) is 2. The molecule has 2 N–H and O–H groups in total. The van der Waals surface area contributed by atoms with E-state index in [9.17, 15) is 14.0 Å². The van der Waals surface area contributed by atoms with Crippen LogP contribution in [0.3, 0.4) is 0 Å². The predicted octanol–water partition coefficient (Wildman–Crippen LogP) is 4.05. The molecule has 0 aliphatic heterocycles. The first-order valence-electron chi connectivity index (χ1n) is 9.11. The Hall–Kier alpha value is -3.13. The van der Waals surface area contributed by atoms with Crippen LogP contribution in [0, 0.1) is 18.7 Å². The molecule has 0 saturated carbocycles. The molecular formula is C21H21FN4O2S. The summed E-state index contributed by atoms with van der Waals surface area (Å²) in [5.41, 5.74) is 2.20. The van der Waals surface area contributed by atoms with Gasteiger partial charge in [-0.3, -0.25) is 14.9 Å². The molecular weight excluding hydrogens is 391 g/mol. The van der Waals surface area contributed by atoms with Crippen LogP contribution in [0.5, 0.6) is 0 Å². The summed E-state index contributed by atoms with van der Waals surface area (Å²) in [7, 11) is 0. The molecule has 0 unspecified atom stereocenters. The van der Waals surface area contributed by atoms with E-state index in [1.165, 1.54) is 29.5 Å². The maximum Gasteiger partial charge on any atom is 0.252 e. The number of hydrogen-bond acceptors (Lipinski definition) is 5. The molecule has 150 valence electrons. The summed E-state index contributed by atoms with van der Waals surface area (Å²) in [6, 6.07) is 12.4. The Morgan fingerprint density at radius 1 is 1.07 bits per heavy atom. The van der Waals surface area contributed by atoms with E-state index in [1.807, 2.05) is 45.0 Å². The van der Waals surface area contributed by atoms with Gasteiger partial charge < -0.3 is 5.32 Å². The Bertz CT molecular complexity index is 1020. The minimum atomic E-state index is -0.808. The zero-order valence-corrected chi connectivity index (χ0v) is 17.1. The van der Waals surface area contributed by atoms with Crippen LogP contribution in [0.1, 0.15) is 29.8 Å². The van der Waals surface area contributed by atoms with Crippen molar-refractivity contribution in [2.45, 2.75) is 26.8 Å². The first-order valence-corrected chi connectivity index (χ1v) is 9.93. The lowest BCUT2D eigenvalue weighted by atomic mass is 10.0. The molecule has 2 amide bonds. The molecule has 2 aromatic carbocycles. The minimum absolute atomic E-state index is 0.154. The first-order chi connectivity index (χ1) is 13.8. The zero-order valence-electron chi connectivity index (χ0n) is 16.3. The molecule has 3 aromatic rings. The molecule has 0 radical (unpaired) electrons. The van der Waals surface area contributed by atoms with Crippen molar-refractivity contribution in [1.29, 1.82) is 0 Å². The molecule has 0 spiro atoms. The highest BCUT2D eigenvalue weighted by Gasteiger charge is 2.26. The van der Waals surface area contributed by atoms with Gasteiger partial charge in [0.25, 0.3) is 5.91 Å². The summed E-state index contributed by atoms with van der Waals surface area (Å²) >= 11 is 1.25. The lowest BCUT2D eigenvalue weighted by Crippen LogP contribution is -2.47. The van der Waals surface area contributed by atoms with Crippen molar-refractivity contribution >= 4 is 28.3 Å². The van der Waals surface area contributed by atoms with Crippen molar-refractivity contribution in [3.63, 3.8) is 0 Å². The van der Waals surface area contributed by atoms with Crippen molar-refractivity contribution < 1.29 is 14.0 Å². The van der Waals surface area contributed by atoms with Crippen LogP contribution in [-0.2, 0) is 4.79 Å². The quantitative estimate of drug-likeness (QED) is 0.640. The second-order valence-corrected chi connectivity index (χ2v) is 7.95. The number of aromatic nitrogens is 2. The highest BCUT2D eigenvalue weighted by molar-refractivity contribution is 7.18. The molecule has 0 saturated heterocycles. The van der Waals surface area contributed by atoms with Crippen molar-refractivity contribution in [3.8, 4) is 10.6 Å². The molecule has 0 fully saturated rings. The second kappa shape index (κ2) is 8.91. The van der Waals surface area contributed by atoms with Crippen LogP contribution < -0.4 is 10.6 Å². The molecule has 1 atom stereocenters. The van der Waals surface area contributed by atoms with Gasteiger partial charge in [0.15, 0.2) is 0 Å². The van der Waals surface area contributed by atoms with Crippen LogP contribution in [0.2, 0.25) is 0 Å². The summed E-state index contributed by atoms with van der Waals surface area (Å²) in [5, 5.41) is 14.5. The molecule has 1 heterocycles. The fourth-order valence-corrected chi connectivity index (χ4v) is 3.41. The summed E-state index contributed by atoms with van der Waals surface area (Å²) in [5.74, 6) is -1.62. The molecule has 0 bridgehead atoms. The van der Waals surface area contributed by atoms with Gasteiger partial charge >= 0.3 is 0 Å². The van der Waals surface area contributed by atoms with Crippen molar-refractivity contribution in [2.24, 2.45) is 5.92 Å². The van der Waals surface area contributed by atoms with Crippen LogP contribution >= 0.6 is 11.3 Å². The number of carbonyl (C=O) groups is 2. The molecule has 0 aliphatic carbocycles. The van der Waals surface area contributed by atoms with Gasteiger partial charge in [-0.2, -0.15) is 0 Å². The van der Waals surface area contributed by atoms with Gasteiger partial charge in [0.2, 0.25) is 11.0 Å². The lowest BCUT2D eigenvalue weighted by molar-refractivity contribution is -0.118. The van der Waals surface area contributed by atoms with E-state index in [1.54, 1.807) is 0 Å². The summed E-state index contributed by atoms with van der Waals surface area (Å²) in [4.78, 5) is 25.1. The average molecular weight is 412 g/mol. The number of amides is 2. The van der Waals surface area contributed by atoms with Gasteiger partial charge in [-0.25, -0.2) is 4.39 Å². The molecule has 8 heteroatoms. The van der Waals surface area contributed by atoms with E-state index in [0.29, 0.717) is 10.1 Å². The standard InChI is InChI=1S/C21H21FN4O2S/c1-12(2)17(23-18(27)15-5-4-6-16(22)11-15)19(28)24-21-26-25-20(29-21)14-9-7-13(3)8-10-14/h4-12,17H,1-3H3,(H,23,27)(H,24,26,28)/t17-/m1/s1. The number of halogens is 1. The van der Waals surface area contributed by atoms with E-state index in [4.69, 9.17) is 0 Å². The predicted molar refractivity (Wildman–Crippen MR) is 111 cm³/mol. The van der Waals surface area contributed by atoms with E-state index < -0.39 is 23.7 Å². The van der Waals surface area contributed by atoms with Crippen LogP contribution in [-0.4, -0.2) is 28.1 Å². The smallest absolute Gasteiger partial charge is 0.252 e. The van der Waals surface area contributed by atoms with Gasteiger partial charge in [0.1, 0.15) is 16.9 Å². The van der Waals surface area contributed by atoms with Crippen LogP contribution in [0.15, 0.2) is 48.5 Å². The third-order valence-corrected chi connectivity index (χ3v) is 5.16. The van der Waals surface area contributed by atoms with Gasteiger partial charge in [-0.1, -0.05) is 61.1 Å². The monoisotopic (exact) mass is 412 g/mol. The SMILES string of the molecule is Cc1ccc(-c2nnc(NC(=O)[C@H](NC(=O)c3cccc(F)c3)C(C)C)s2)cc1. The molecule has 1 aromatic heterocycles. The van der Waals surface area contributed by atoms with Gasteiger partial charge in [-0.15, -0.1) is 10.2 Å². The number of aryl methyl sites for hydroxylation is 1. The Morgan fingerprint density at radius 2 is 1.79 bits per heavy atom. The average Bonchev–Trinajstić information content (AvgIpc) is 3.14. The summed E-state index contributed by atoms with van der Waals surface area (Å²) in [6.45, 7) is 5.63. The van der Waals surface area contributed by atoms with Crippen molar-refractivity contribution in [1.82, 2.24) is 15.5 Å². The Balaban J connectivity index is 1.70. The molecule has 3 rings (SSSR count). The van der Waals surface area contributed by atoms with Crippen molar-refractivity contribution in [3.05, 3.63) is 65.5 Å². The fraction of sp³-hybridized carbons (Fsp3) is 0.238. The second-order valence-electron chi connectivity index (χ2n) is 6.97. The fourth-order valence-electron chi connectivity index (χ4n) is 2.66. The maximum atomic E-state index is 13.4. The van der Waals surface area contributed by atoms with E-state index in [0.717, 1.165) is 17.2 Å². The Morgan fingerprint density at radius 3 is 2.45 bits per heavy atom. The van der Waals surface area contributed by atoms with Crippen LogP contribution in [0.4, 0.5) is 9.52 Å². The Labute approximate surface area is 172 Å². The van der Waals surface area contributed by atoms with E-state index in [2.05, 4.69) is 20.8 Å². The number of rotatable bonds is 6. The van der Waals surface area contributed by atoms with Crippen LogP contribution in [0.25, 0.3) is 10.6 Å². The molecule has 6 nitrogen and oxygen atoms in total.